The van der Waals surface area contributed by atoms with Crippen molar-refractivity contribution in [3.63, 3.8) is 0 Å². The smallest absolute Gasteiger partial charge is 0.166 e. The second-order valence-electron chi connectivity index (χ2n) is 17.8. The molecule has 0 atom stereocenters. The molecule has 336 valence electrons. The first-order valence-corrected chi connectivity index (χ1v) is 25.4. The molecule has 0 fully saturated rings. The molecule has 6 nitrogen and oxygen atoms in total. The Balaban J connectivity index is 1.26. The highest BCUT2D eigenvalue weighted by Crippen LogP contribution is 2.39. The number of halogens is 1. The maximum Gasteiger partial charge on any atom is 0.166 e. The van der Waals surface area contributed by atoms with Crippen molar-refractivity contribution in [1.82, 2.24) is 29.5 Å². The Morgan fingerprint density at radius 3 is 1.37 bits per heavy atom. The number of benzene rings is 7. The molecule has 10 rings (SSSR count). The van der Waals surface area contributed by atoms with Crippen molar-refractivity contribution < 1.29 is 0 Å². The Morgan fingerprint density at radius 2 is 0.838 bits per heavy atom. The van der Waals surface area contributed by atoms with Crippen LogP contribution in [-0.4, -0.2) is 29.5 Å². The quantitative estimate of drug-likeness (QED) is 0.0902. The number of aromatic nitrogens is 6. The first-order chi connectivity index (χ1) is 33.5. The lowest BCUT2D eigenvalue weighted by atomic mass is 9.98. The Bertz CT molecular complexity index is 3240. The Hall–Kier alpha value is -6.84. The zero-order valence-electron chi connectivity index (χ0n) is 39.1. The van der Waals surface area contributed by atoms with Gasteiger partial charge in [0.1, 0.15) is 0 Å². The fourth-order valence-electron chi connectivity index (χ4n) is 9.32. The van der Waals surface area contributed by atoms with Crippen LogP contribution < -0.4 is 0 Å². The maximum atomic E-state index is 5.55. The highest BCUT2D eigenvalue weighted by molar-refractivity contribution is 14.1. The van der Waals surface area contributed by atoms with Crippen LogP contribution in [0.15, 0.2) is 170 Å². The predicted molar refractivity (Wildman–Crippen MR) is 291 cm³/mol. The van der Waals surface area contributed by atoms with Crippen molar-refractivity contribution in [3.8, 4) is 73.8 Å². The molecule has 68 heavy (non-hydrogen) atoms. The van der Waals surface area contributed by atoms with Crippen LogP contribution in [0.25, 0.3) is 95.6 Å². The van der Waals surface area contributed by atoms with Gasteiger partial charge in [-0.2, -0.15) is 0 Å². The van der Waals surface area contributed by atoms with Gasteiger partial charge in [0.25, 0.3) is 0 Å². The van der Waals surface area contributed by atoms with Gasteiger partial charge < -0.3 is 4.57 Å². The van der Waals surface area contributed by atoms with E-state index in [0.717, 1.165) is 123 Å². The number of hydrogen-bond donors (Lipinski definition) is 0. The van der Waals surface area contributed by atoms with Crippen LogP contribution in [0.4, 0.5) is 0 Å². The van der Waals surface area contributed by atoms with Crippen molar-refractivity contribution in [3.05, 3.63) is 190 Å². The van der Waals surface area contributed by atoms with Gasteiger partial charge in [-0.3, -0.25) is 0 Å². The van der Waals surface area contributed by atoms with Gasteiger partial charge in [0.15, 0.2) is 23.3 Å². The fraction of sp³-hybridized carbons (Fsp3) is 0.197. The van der Waals surface area contributed by atoms with Crippen LogP contribution in [0.5, 0.6) is 0 Å². The van der Waals surface area contributed by atoms with Crippen molar-refractivity contribution in [2.75, 3.05) is 0 Å². The molecule has 0 radical (unpaired) electrons. The Kier molecular flexibility index (Phi) is 13.6. The van der Waals surface area contributed by atoms with Crippen LogP contribution >= 0.6 is 22.6 Å². The molecule has 7 heteroatoms. The minimum atomic E-state index is 0.592. The summed E-state index contributed by atoms with van der Waals surface area (Å²) in [6.07, 6.45) is 9.79. The number of unbranched alkanes of at least 4 members (excludes halogenated alkanes) is 3. The van der Waals surface area contributed by atoms with E-state index in [1.807, 2.05) is 12.1 Å². The lowest BCUT2D eigenvalue weighted by Crippen LogP contribution is -2.05. The van der Waals surface area contributed by atoms with Crippen LogP contribution in [-0.2, 0) is 19.3 Å². The van der Waals surface area contributed by atoms with Crippen molar-refractivity contribution in [1.29, 1.82) is 0 Å². The standard InChI is InChI=1S/C61H55IN6/c1-4-7-20-41-33-42(21-8-5-2)35-47(34-41)59-65-60(48-36-43(22-9-6-3)37-49(62)38-48)67-61(66-59)52-39-46(31-32-57(52)68-55-29-18-16-27-50(55)51-28-17-19-30-56(51)68)58-63-53(44-23-12-10-13-24-44)40-54(64-58)45-25-14-11-15-26-45/h10-19,23-40H,4-9,20-22H2,1-3H3. The fourth-order valence-corrected chi connectivity index (χ4v) is 10.1. The zero-order valence-corrected chi connectivity index (χ0v) is 41.2. The molecule has 7 aromatic carbocycles. The molecule has 0 bridgehead atoms. The van der Waals surface area contributed by atoms with Gasteiger partial charge in [-0.05, 0) is 145 Å². The van der Waals surface area contributed by atoms with Gasteiger partial charge in [-0.25, -0.2) is 24.9 Å². The molecule has 0 aliphatic carbocycles. The molecule has 0 N–H and O–H groups in total. The molecule has 0 amide bonds. The van der Waals surface area contributed by atoms with E-state index in [1.165, 1.54) is 27.5 Å². The minimum absolute atomic E-state index is 0.592. The van der Waals surface area contributed by atoms with Gasteiger partial charge in [-0.15, -0.1) is 0 Å². The summed E-state index contributed by atoms with van der Waals surface area (Å²) in [5, 5.41) is 2.37. The second kappa shape index (κ2) is 20.6. The highest BCUT2D eigenvalue weighted by atomic mass is 127. The lowest BCUT2D eigenvalue weighted by molar-refractivity contribution is 0.780. The normalized spacial score (nSPS) is 11.5. The number of para-hydroxylation sites is 2. The van der Waals surface area contributed by atoms with E-state index in [1.54, 1.807) is 0 Å². The number of nitrogens with zero attached hydrogens (tertiary/aromatic N) is 6. The molecule has 0 saturated carbocycles. The molecule has 0 unspecified atom stereocenters. The van der Waals surface area contributed by atoms with Crippen molar-refractivity contribution in [2.24, 2.45) is 0 Å². The number of aryl methyl sites for hydroxylation is 3. The summed E-state index contributed by atoms with van der Waals surface area (Å²) in [5.74, 6) is 2.54. The average molecular weight is 999 g/mol. The molecule has 0 aliphatic rings. The Morgan fingerprint density at radius 1 is 0.382 bits per heavy atom. The third-order valence-electron chi connectivity index (χ3n) is 12.8. The SMILES string of the molecule is CCCCc1cc(I)cc(-c2nc(-c3cc(CCCC)cc(CCCC)c3)nc(-c3cc(-c4nc(-c5ccccc5)cc(-c5ccccc5)n4)ccc3-n3c4ccccc4c4ccccc43)n2)c1. The molecule has 3 heterocycles. The van der Waals surface area contributed by atoms with E-state index in [-0.39, 0.29) is 0 Å². The van der Waals surface area contributed by atoms with E-state index in [4.69, 9.17) is 24.9 Å². The largest absolute Gasteiger partial charge is 0.309 e. The van der Waals surface area contributed by atoms with E-state index in [0.29, 0.717) is 23.3 Å². The van der Waals surface area contributed by atoms with E-state index >= 15 is 0 Å². The summed E-state index contributed by atoms with van der Waals surface area (Å²) >= 11 is 2.45. The lowest BCUT2D eigenvalue weighted by Gasteiger charge is -2.17. The molecule has 3 aromatic heterocycles. The van der Waals surface area contributed by atoms with Crippen LogP contribution in [0, 0.1) is 3.57 Å². The summed E-state index contributed by atoms with van der Waals surface area (Å²) < 4.78 is 3.53. The predicted octanol–water partition coefficient (Wildman–Crippen LogP) is 16.4. The summed E-state index contributed by atoms with van der Waals surface area (Å²) in [5.41, 5.74) is 14.6. The summed E-state index contributed by atoms with van der Waals surface area (Å²) in [6, 6.07) is 60.5. The molecule has 10 aromatic rings. The van der Waals surface area contributed by atoms with E-state index in [9.17, 15) is 0 Å². The van der Waals surface area contributed by atoms with Gasteiger partial charge in [-0.1, -0.05) is 143 Å². The average Bonchev–Trinajstić information content (AvgIpc) is 3.73. The molecule has 0 spiro atoms. The van der Waals surface area contributed by atoms with Crippen LogP contribution in [0.3, 0.4) is 0 Å². The van der Waals surface area contributed by atoms with Crippen LogP contribution in [0.1, 0.15) is 76.0 Å². The minimum Gasteiger partial charge on any atom is -0.309 e. The zero-order chi connectivity index (χ0) is 46.4. The molecular formula is C61H55IN6. The Labute approximate surface area is 413 Å². The van der Waals surface area contributed by atoms with Gasteiger partial charge in [0.2, 0.25) is 0 Å². The summed E-state index contributed by atoms with van der Waals surface area (Å²) in [7, 11) is 0. The number of fused-ring (bicyclic) bond motifs is 3. The molecular weight excluding hydrogens is 944 g/mol. The third-order valence-corrected chi connectivity index (χ3v) is 13.4. The first-order valence-electron chi connectivity index (χ1n) is 24.3. The highest BCUT2D eigenvalue weighted by Gasteiger charge is 2.22. The first kappa shape index (κ1) is 45.0. The number of hydrogen-bond acceptors (Lipinski definition) is 5. The molecule has 0 aliphatic heterocycles. The topological polar surface area (TPSA) is 69.4 Å². The van der Waals surface area contributed by atoms with Gasteiger partial charge in [0, 0.05) is 47.7 Å². The maximum absolute atomic E-state index is 5.55. The van der Waals surface area contributed by atoms with Crippen molar-refractivity contribution >= 4 is 44.4 Å². The number of rotatable bonds is 16. The summed E-state index contributed by atoms with van der Waals surface area (Å²) in [6.45, 7) is 6.77. The van der Waals surface area contributed by atoms with E-state index < -0.39 is 0 Å². The van der Waals surface area contributed by atoms with Crippen molar-refractivity contribution in [2.45, 2.75) is 78.6 Å². The van der Waals surface area contributed by atoms with Gasteiger partial charge >= 0.3 is 0 Å². The third kappa shape index (κ3) is 9.63. The van der Waals surface area contributed by atoms with E-state index in [2.05, 4.69) is 206 Å². The van der Waals surface area contributed by atoms with Gasteiger partial charge in [0.05, 0.1) is 28.1 Å². The summed E-state index contributed by atoms with van der Waals surface area (Å²) in [4.78, 5) is 27.1. The molecule has 0 saturated heterocycles. The van der Waals surface area contributed by atoms with Crippen LogP contribution in [0.2, 0.25) is 0 Å². The second-order valence-corrected chi connectivity index (χ2v) is 19.0. The monoisotopic (exact) mass is 998 g/mol.